The summed E-state index contributed by atoms with van der Waals surface area (Å²) < 4.78 is 0. The van der Waals surface area contributed by atoms with E-state index in [-0.39, 0.29) is 11.9 Å². The van der Waals surface area contributed by atoms with E-state index in [9.17, 15) is 4.79 Å². The molecule has 0 aromatic carbocycles. The second-order valence-corrected chi connectivity index (χ2v) is 5.65. The number of rotatable bonds is 5. The first-order valence-corrected chi connectivity index (χ1v) is 7.56. The van der Waals surface area contributed by atoms with Crippen LogP contribution in [0.4, 0.5) is 0 Å². The molecule has 4 heteroatoms. The van der Waals surface area contributed by atoms with E-state index in [1.165, 1.54) is 19.3 Å². The molecule has 3 nitrogen and oxygen atoms in total. The standard InChI is InChI=1S/C12H24N2OS/c1-3-6-9(13)12(15)14-10-7-4-5-8-11(10)16-2/h9-11H,3-8,13H2,1-2H3,(H,14,15). The number of hydrogen-bond acceptors (Lipinski definition) is 3. The molecule has 16 heavy (non-hydrogen) atoms. The first kappa shape index (κ1) is 13.8. The number of nitrogens with one attached hydrogen (secondary N) is 1. The number of carbonyl (C=O) groups excluding carboxylic acids is 1. The van der Waals surface area contributed by atoms with E-state index in [4.69, 9.17) is 5.73 Å². The van der Waals surface area contributed by atoms with Crippen molar-refractivity contribution in [1.82, 2.24) is 5.32 Å². The maximum absolute atomic E-state index is 11.8. The molecule has 1 saturated carbocycles. The Morgan fingerprint density at radius 1 is 1.50 bits per heavy atom. The Hall–Kier alpha value is -0.220. The molecule has 1 fully saturated rings. The molecule has 0 aromatic heterocycles. The van der Waals surface area contributed by atoms with Crippen LogP contribution in [-0.4, -0.2) is 29.5 Å². The summed E-state index contributed by atoms with van der Waals surface area (Å²) >= 11 is 1.87. The van der Waals surface area contributed by atoms with E-state index >= 15 is 0 Å². The zero-order valence-corrected chi connectivity index (χ0v) is 11.2. The number of hydrogen-bond donors (Lipinski definition) is 2. The van der Waals surface area contributed by atoms with Crippen molar-refractivity contribution in [2.75, 3.05) is 6.26 Å². The van der Waals surface area contributed by atoms with Crippen LogP contribution in [0.25, 0.3) is 0 Å². The first-order valence-electron chi connectivity index (χ1n) is 6.27. The highest BCUT2D eigenvalue weighted by Gasteiger charge is 2.26. The van der Waals surface area contributed by atoms with Crippen LogP contribution >= 0.6 is 11.8 Å². The van der Waals surface area contributed by atoms with Gasteiger partial charge in [0.25, 0.3) is 0 Å². The van der Waals surface area contributed by atoms with Gasteiger partial charge in [-0.3, -0.25) is 4.79 Å². The van der Waals surface area contributed by atoms with Crippen LogP contribution in [0.15, 0.2) is 0 Å². The van der Waals surface area contributed by atoms with Crippen molar-refractivity contribution in [2.45, 2.75) is 62.8 Å². The third-order valence-electron chi connectivity index (χ3n) is 3.27. The normalized spacial score (nSPS) is 27.4. The van der Waals surface area contributed by atoms with E-state index < -0.39 is 0 Å². The van der Waals surface area contributed by atoms with E-state index in [1.54, 1.807) is 0 Å². The minimum absolute atomic E-state index is 0.0350. The van der Waals surface area contributed by atoms with Crippen LogP contribution in [0.5, 0.6) is 0 Å². The molecule has 0 bridgehead atoms. The molecule has 0 saturated heterocycles. The molecular formula is C12H24N2OS. The SMILES string of the molecule is CCCC(N)C(=O)NC1CCCCC1SC. The van der Waals surface area contributed by atoms with Gasteiger partial charge in [-0.25, -0.2) is 0 Å². The second kappa shape index (κ2) is 7.17. The topological polar surface area (TPSA) is 55.1 Å². The summed E-state index contributed by atoms with van der Waals surface area (Å²) in [5.41, 5.74) is 5.81. The zero-order valence-electron chi connectivity index (χ0n) is 10.4. The molecule has 1 aliphatic rings. The van der Waals surface area contributed by atoms with E-state index in [2.05, 4.69) is 18.5 Å². The van der Waals surface area contributed by atoms with Crippen LogP contribution in [0, 0.1) is 0 Å². The van der Waals surface area contributed by atoms with Crippen molar-refractivity contribution in [2.24, 2.45) is 5.73 Å². The van der Waals surface area contributed by atoms with Crippen molar-refractivity contribution < 1.29 is 4.79 Å². The molecule has 0 radical (unpaired) electrons. The van der Waals surface area contributed by atoms with Gasteiger partial charge in [-0.1, -0.05) is 26.2 Å². The van der Waals surface area contributed by atoms with Gasteiger partial charge >= 0.3 is 0 Å². The van der Waals surface area contributed by atoms with Crippen LogP contribution in [0.2, 0.25) is 0 Å². The van der Waals surface area contributed by atoms with Gasteiger partial charge < -0.3 is 11.1 Å². The van der Waals surface area contributed by atoms with Gasteiger partial charge in [-0.15, -0.1) is 0 Å². The van der Waals surface area contributed by atoms with Gasteiger partial charge in [0, 0.05) is 11.3 Å². The number of thioether (sulfide) groups is 1. The lowest BCUT2D eigenvalue weighted by Crippen LogP contribution is -2.49. The Morgan fingerprint density at radius 2 is 2.19 bits per heavy atom. The van der Waals surface area contributed by atoms with Crippen LogP contribution in [0.3, 0.4) is 0 Å². The highest BCUT2D eigenvalue weighted by molar-refractivity contribution is 7.99. The maximum Gasteiger partial charge on any atom is 0.237 e. The summed E-state index contributed by atoms with van der Waals surface area (Å²) in [6.07, 6.45) is 8.71. The fourth-order valence-electron chi connectivity index (χ4n) is 2.28. The Labute approximate surface area is 103 Å². The molecule has 0 aliphatic heterocycles. The summed E-state index contributed by atoms with van der Waals surface area (Å²) in [4.78, 5) is 11.8. The highest BCUT2D eigenvalue weighted by atomic mass is 32.2. The van der Waals surface area contributed by atoms with Crippen LogP contribution in [0.1, 0.15) is 45.4 Å². The van der Waals surface area contributed by atoms with Gasteiger partial charge in [0.15, 0.2) is 0 Å². The average molecular weight is 244 g/mol. The Balaban J connectivity index is 2.41. The van der Waals surface area contributed by atoms with Crippen molar-refractivity contribution >= 4 is 17.7 Å². The van der Waals surface area contributed by atoms with Crippen LogP contribution < -0.4 is 11.1 Å². The number of nitrogens with two attached hydrogens (primary N) is 1. The molecular weight excluding hydrogens is 220 g/mol. The molecule has 0 heterocycles. The summed E-state index contributed by atoms with van der Waals surface area (Å²) in [5.74, 6) is 0.0350. The lowest BCUT2D eigenvalue weighted by molar-refractivity contribution is -0.123. The molecule has 94 valence electrons. The van der Waals surface area contributed by atoms with Crippen molar-refractivity contribution in [3.8, 4) is 0 Å². The minimum atomic E-state index is -0.325. The van der Waals surface area contributed by atoms with Gasteiger partial charge in [0.2, 0.25) is 5.91 Å². The number of carbonyl (C=O) groups is 1. The molecule has 1 aliphatic carbocycles. The molecule has 0 aromatic rings. The largest absolute Gasteiger partial charge is 0.351 e. The van der Waals surface area contributed by atoms with Gasteiger partial charge in [-0.05, 0) is 25.5 Å². The van der Waals surface area contributed by atoms with Crippen molar-refractivity contribution in [1.29, 1.82) is 0 Å². The monoisotopic (exact) mass is 244 g/mol. The summed E-state index contributed by atoms with van der Waals surface area (Å²) in [6, 6.07) is 0.00795. The van der Waals surface area contributed by atoms with Gasteiger partial charge in [0.1, 0.15) is 0 Å². The first-order chi connectivity index (χ1) is 7.69. The van der Waals surface area contributed by atoms with Gasteiger partial charge in [0.05, 0.1) is 6.04 Å². The number of amides is 1. The summed E-state index contributed by atoms with van der Waals surface area (Å²) in [5, 5.41) is 3.70. The van der Waals surface area contributed by atoms with Gasteiger partial charge in [-0.2, -0.15) is 11.8 Å². The van der Waals surface area contributed by atoms with Crippen molar-refractivity contribution in [3.05, 3.63) is 0 Å². The lowest BCUT2D eigenvalue weighted by atomic mass is 9.94. The predicted molar refractivity (Wildman–Crippen MR) is 70.6 cm³/mol. The fraction of sp³-hybridized carbons (Fsp3) is 0.917. The Kier molecular flexibility index (Phi) is 6.21. The smallest absolute Gasteiger partial charge is 0.237 e. The quantitative estimate of drug-likeness (QED) is 0.776. The van der Waals surface area contributed by atoms with E-state index in [0.717, 1.165) is 19.3 Å². The third-order valence-corrected chi connectivity index (χ3v) is 4.44. The van der Waals surface area contributed by atoms with E-state index in [1.807, 2.05) is 11.8 Å². The van der Waals surface area contributed by atoms with Crippen molar-refractivity contribution in [3.63, 3.8) is 0 Å². The fourth-order valence-corrected chi connectivity index (χ4v) is 3.21. The zero-order chi connectivity index (χ0) is 12.0. The summed E-state index contributed by atoms with van der Waals surface area (Å²) in [7, 11) is 0. The highest BCUT2D eigenvalue weighted by Crippen LogP contribution is 2.27. The molecule has 1 amide bonds. The maximum atomic E-state index is 11.8. The average Bonchev–Trinajstić information content (AvgIpc) is 2.30. The molecule has 1 rings (SSSR count). The molecule has 3 unspecified atom stereocenters. The molecule has 0 spiro atoms. The summed E-state index contributed by atoms with van der Waals surface area (Å²) in [6.45, 7) is 2.05. The predicted octanol–water partition coefficient (Wildman–Crippen LogP) is 1.90. The van der Waals surface area contributed by atoms with Crippen LogP contribution in [-0.2, 0) is 4.79 Å². The van der Waals surface area contributed by atoms with E-state index in [0.29, 0.717) is 11.3 Å². The Morgan fingerprint density at radius 3 is 2.81 bits per heavy atom. The molecule has 3 atom stereocenters. The minimum Gasteiger partial charge on any atom is -0.351 e. The lowest BCUT2D eigenvalue weighted by Gasteiger charge is -2.31. The molecule has 3 N–H and O–H groups in total. The second-order valence-electron chi connectivity index (χ2n) is 4.57. The Bertz CT molecular complexity index is 223. The third kappa shape index (κ3) is 3.98.